The molecule has 32 heavy (non-hydrogen) atoms. The molecule has 0 spiro atoms. The average Bonchev–Trinajstić information content (AvgIpc) is 2.83. The van der Waals surface area contributed by atoms with Gasteiger partial charge in [0.1, 0.15) is 18.8 Å². The van der Waals surface area contributed by atoms with Crippen LogP contribution in [0.4, 0.5) is 16.3 Å². The molecule has 1 fully saturated rings. The number of nitrogens with one attached hydrogen (secondary N) is 1. The first-order chi connectivity index (χ1) is 15.6. The highest BCUT2D eigenvalue weighted by atomic mass is 127. The highest BCUT2D eigenvalue weighted by molar-refractivity contribution is 14.1. The number of fused-ring (bicyclic) bond motifs is 1. The smallest absolute Gasteiger partial charge is 0.321 e. The largest absolute Gasteiger partial charge is 0.493 e. The molecule has 4 rings (SSSR count). The zero-order valence-electron chi connectivity index (χ0n) is 17.5. The summed E-state index contributed by atoms with van der Waals surface area (Å²) in [7, 11) is 1.58. The van der Waals surface area contributed by atoms with Crippen molar-refractivity contribution >= 4 is 51.0 Å². The zero-order chi connectivity index (χ0) is 22.5. The molecule has 0 saturated carbocycles. The number of methoxy groups -OCH3 is 1. The van der Waals surface area contributed by atoms with Gasteiger partial charge in [-0.25, -0.2) is 14.8 Å². The van der Waals surface area contributed by atoms with Crippen molar-refractivity contribution < 1.29 is 14.3 Å². The molecule has 2 aromatic carbocycles. The SMILES string of the molecule is C#CCOc1cc2ncnc(N3CCN(C(=O)Nc4ccc(I)cc4)CC3)c2cc1OC. The lowest BCUT2D eigenvalue weighted by Crippen LogP contribution is -2.50. The third-order valence-corrected chi connectivity index (χ3v) is 5.89. The average molecular weight is 543 g/mol. The molecule has 2 heterocycles. The lowest BCUT2D eigenvalue weighted by molar-refractivity contribution is 0.208. The first-order valence-electron chi connectivity index (χ1n) is 10.0. The van der Waals surface area contributed by atoms with Crippen molar-refractivity contribution in [2.45, 2.75) is 0 Å². The quantitative estimate of drug-likeness (QED) is 0.392. The number of aromatic nitrogens is 2. The Hall–Kier alpha value is -3.26. The predicted octanol–water partition coefficient (Wildman–Crippen LogP) is 3.61. The molecule has 9 heteroatoms. The van der Waals surface area contributed by atoms with Crippen molar-refractivity contribution in [3.8, 4) is 23.8 Å². The van der Waals surface area contributed by atoms with Crippen molar-refractivity contribution in [3.05, 3.63) is 46.3 Å². The number of urea groups is 1. The molecule has 8 nitrogen and oxygen atoms in total. The molecule has 1 N–H and O–H groups in total. The standard InChI is InChI=1S/C23H22IN5O3/c1-3-12-32-21-14-19-18(13-20(21)31-2)22(26-15-25-19)28-8-10-29(11-9-28)23(30)27-17-6-4-16(24)5-7-17/h1,4-7,13-15H,8-12H2,2H3,(H,27,30). The molecule has 164 valence electrons. The van der Waals surface area contributed by atoms with E-state index in [0.717, 1.165) is 26.0 Å². The number of rotatable bonds is 5. The van der Waals surface area contributed by atoms with Gasteiger partial charge in [-0.1, -0.05) is 5.92 Å². The third-order valence-electron chi connectivity index (χ3n) is 5.17. The second-order valence-corrected chi connectivity index (χ2v) is 8.37. The maximum atomic E-state index is 12.6. The number of amides is 2. The topological polar surface area (TPSA) is 79.8 Å². The van der Waals surface area contributed by atoms with Gasteiger partial charge in [-0.3, -0.25) is 0 Å². The molecular formula is C23H22IN5O3. The molecule has 1 saturated heterocycles. The molecule has 0 radical (unpaired) electrons. The van der Waals surface area contributed by atoms with Gasteiger partial charge < -0.3 is 24.6 Å². The molecule has 0 bridgehead atoms. The summed E-state index contributed by atoms with van der Waals surface area (Å²) < 4.78 is 12.2. The van der Waals surface area contributed by atoms with Crippen LogP contribution in [0.3, 0.4) is 0 Å². The van der Waals surface area contributed by atoms with E-state index in [1.54, 1.807) is 13.2 Å². The van der Waals surface area contributed by atoms with E-state index in [4.69, 9.17) is 15.9 Å². The van der Waals surface area contributed by atoms with Crippen molar-refractivity contribution in [3.63, 3.8) is 0 Å². The van der Waals surface area contributed by atoms with Crippen LogP contribution < -0.4 is 19.7 Å². The zero-order valence-corrected chi connectivity index (χ0v) is 19.7. The van der Waals surface area contributed by atoms with Gasteiger partial charge in [-0.05, 0) is 52.9 Å². The molecule has 3 aromatic rings. The Labute approximate surface area is 200 Å². The monoisotopic (exact) mass is 543 g/mol. The Morgan fingerprint density at radius 1 is 1.16 bits per heavy atom. The number of nitrogens with zero attached hydrogens (tertiary/aromatic N) is 4. The van der Waals surface area contributed by atoms with E-state index in [1.165, 1.54) is 6.33 Å². The van der Waals surface area contributed by atoms with Crippen LogP contribution in [0.2, 0.25) is 0 Å². The summed E-state index contributed by atoms with van der Waals surface area (Å²) in [6, 6.07) is 11.3. The van der Waals surface area contributed by atoms with Gasteiger partial charge in [0.2, 0.25) is 0 Å². The van der Waals surface area contributed by atoms with Crippen molar-refractivity contribution in [2.24, 2.45) is 0 Å². The maximum absolute atomic E-state index is 12.6. The van der Waals surface area contributed by atoms with Crippen LogP contribution in [-0.4, -0.2) is 60.8 Å². The van der Waals surface area contributed by atoms with Crippen molar-refractivity contribution in [2.75, 3.05) is 50.1 Å². The summed E-state index contributed by atoms with van der Waals surface area (Å²) in [6.07, 6.45) is 6.84. The van der Waals surface area contributed by atoms with E-state index in [-0.39, 0.29) is 12.6 Å². The van der Waals surface area contributed by atoms with E-state index in [1.807, 2.05) is 35.2 Å². The summed E-state index contributed by atoms with van der Waals surface area (Å²) in [6.45, 7) is 2.63. The minimum atomic E-state index is -0.102. The second kappa shape index (κ2) is 9.91. The van der Waals surface area contributed by atoms with Gasteiger partial charge in [0.25, 0.3) is 0 Å². The number of ether oxygens (including phenoxy) is 2. The summed E-state index contributed by atoms with van der Waals surface area (Å²) >= 11 is 2.24. The molecule has 1 aliphatic rings. The number of piperazine rings is 1. The molecule has 1 aliphatic heterocycles. The summed E-state index contributed by atoms with van der Waals surface area (Å²) in [5, 5.41) is 3.81. The summed E-state index contributed by atoms with van der Waals surface area (Å²) in [5.74, 6) is 4.36. The van der Waals surface area contributed by atoms with Gasteiger partial charge >= 0.3 is 6.03 Å². The van der Waals surface area contributed by atoms with Gasteiger partial charge in [0.05, 0.1) is 12.6 Å². The fourth-order valence-electron chi connectivity index (χ4n) is 3.55. The fraction of sp³-hybridized carbons (Fsp3) is 0.261. The van der Waals surface area contributed by atoms with E-state index < -0.39 is 0 Å². The number of halogens is 1. The van der Waals surface area contributed by atoms with Gasteiger partial charge in [-0.2, -0.15) is 0 Å². The number of hydrogen-bond acceptors (Lipinski definition) is 6. The van der Waals surface area contributed by atoms with Gasteiger partial charge in [0.15, 0.2) is 11.5 Å². The third kappa shape index (κ3) is 4.80. The highest BCUT2D eigenvalue weighted by Crippen LogP contribution is 2.35. The van der Waals surface area contributed by atoms with Crippen LogP contribution >= 0.6 is 22.6 Å². The molecule has 0 atom stereocenters. The summed E-state index contributed by atoms with van der Waals surface area (Å²) in [5.41, 5.74) is 1.52. The van der Waals surface area contributed by atoms with Crippen LogP contribution in [-0.2, 0) is 0 Å². The summed E-state index contributed by atoms with van der Waals surface area (Å²) in [4.78, 5) is 25.5. The minimum absolute atomic E-state index is 0.102. The van der Waals surface area contributed by atoms with E-state index >= 15 is 0 Å². The first-order valence-corrected chi connectivity index (χ1v) is 11.1. The number of carbonyl (C=O) groups is 1. The number of terminal acetylenes is 1. The van der Waals surface area contributed by atoms with Crippen LogP contribution in [0.25, 0.3) is 10.9 Å². The normalized spacial score (nSPS) is 13.5. The molecule has 2 amide bonds. The predicted molar refractivity (Wildman–Crippen MR) is 132 cm³/mol. The van der Waals surface area contributed by atoms with Gasteiger partial charge in [0, 0.05) is 46.9 Å². The highest BCUT2D eigenvalue weighted by Gasteiger charge is 2.24. The Balaban J connectivity index is 1.48. The minimum Gasteiger partial charge on any atom is -0.493 e. The van der Waals surface area contributed by atoms with Crippen molar-refractivity contribution in [1.29, 1.82) is 0 Å². The Morgan fingerprint density at radius 2 is 1.91 bits per heavy atom. The fourth-order valence-corrected chi connectivity index (χ4v) is 3.91. The van der Waals surface area contributed by atoms with Gasteiger partial charge in [-0.15, -0.1) is 6.42 Å². The number of benzene rings is 2. The Morgan fingerprint density at radius 3 is 2.59 bits per heavy atom. The number of anilines is 2. The Kier molecular flexibility index (Phi) is 6.80. The molecule has 0 aliphatic carbocycles. The molecule has 1 aromatic heterocycles. The first kappa shape index (κ1) is 22.0. The van der Waals surface area contributed by atoms with E-state index in [9.17, 15) is 4.79 Å². The van der Waals surface area contributed by atoms with Crippen LogP contribution in [0, 0.1) is 15.9 Å². The Bertz CT molecular complexity index is 1150. The van der Waals surface area contributed by atoms with Crippen molar-refractivity contribution in [1.82, 2.24) is 14.9 Å². The lowest BCUT2D eigenvalue weighted by Gasteiger charge is -2.35. The number of hydrogen-bond donors (Lipinski definition) is 1. The van der Waals surface area contributed by atoms with E-state index in [2.05, 4.69) is 48.7 Å². The van der Waals surface area contributed by atoms with E-state index in [0.29, 0.717) is 37.7 Å². The molecular weight excluding hydrogens is 521 g/mol. The second-order valence-electron chi connectivity index (χ2n) is 7.12. The van der Waals surface area contributed by atoms with Crippen LogP contribution in [0.5, 0.6) is 11.5 Å². The number of carbonyl (C=O) groups excluding carboxylic acids is 1. The maximum Gasteiger partial charge on any atom is 0.321 e. The van der Waals surface area contributed by atoms with Crippen LogP contribution in [0.1, 0.15) is 0 Å². The lowest BCUT2D eigenvalue weighted by atomic mass is 10.2. The van der Waals surface area contributed by atoms with Crippen LogP contribution in [0.15, 0.2) is 42.7 Å². The molecule has 0 unspecified atom stereocenters.